The number of amides is 1. The molecular weight excluding hydrogens is 286 g/mol. The molecule has 1 aromatic heterocycles. The first-order chi connectivity index (χ1) is 7.85. The Morgan fingerprint density at radius 2 is 2.18 bits per heavy atom. The summed E-state index contributed by atoms with van der Waals surface area (Å²) in [7, 11) is 0. The van der Waals surface area contributed by atoms with Gasteiger partial charge in [0.2, 0.25) is 0 Å². The number of aromatic nitrogens is 2. The smallest absolute Gasteiger partial charge is 0.410 e. The van der Waals surface area contributed by atoms with Crippen molar-refractivity contribution in [3.05, 3.63) is 16.9 Å². The van der Waals surface area contributed by atoms with Crippen LogP contribution < -0.4 is 0 Å². The van der Waals surface area contributed by atoms with Crippen molar-refractivity contribution in [3.8, 4) is 0 Å². The molecule has 1 aliphatic heterocycles. The van der Waals surface area contributed by atoms with Crippen molar-refractivity contribution in [1.82, 2.24) is 14.7 Å². The lowest BCUT2D eigenvalue weighted by Crippen LogP contribution is -2.52. The van der Waals surface area contributed by atoms with Crippen molar-refractivity contribution in [2.45, 2.75) is 32.4 Å². The number of carbonyl (C=O) groups excluding carboxylic acids is 1. The summed E-state index contributed by atoms with van der Waals surface area (Å²) in [4.78, 5) is 13.4. The molecule has 0 bridgehead atoms. The van der Waals surface area contributed by atoms with Crippen LogP contribution in [0.25, 0.3) is 0 Å². The summed E-state index contributed by atoms with van der Waals surface area (Å²) in [5.41, 5.74) is -0.434. The summed E-state index contributed by atoms with van der Waals surface area (Å²) in [5, 5.41) is 4.26. The molecule has 2 rings (SSSR count). The largest absolute Gasteiger partial charge is 0.444 e. The second kappa shape index (κ2) is 4.33. The predicted octanol–water partition coefficient (Wildman–Crippen LogP) is 2.44. The molecule has 0 radical (unpaired) electrons. The van der Waals surface area contributed by atoms with Crippen LogP contribution in [0.15, 0.2) is 16.9 Å². The van der Waals surface area contributed by atoms with E-state index in [9.17, 15) is 4.79 Å². The molecule has 1 amide bonds. The Hall–Kier alpha value is -1.04. The fourth-order valence-electron chi connectivity index (χ4n) is 1.62. The first kappa shape index (κ1) is 12.4. The van der Waals surface area contributed by atoms with Gasteiger partial charge in [-0.1, -0.05) is 0 Å². The maximum absolute atomic E-state index is 11.7. The van der Waals surface area contributed by atoms with Gasteiger partial charge in [-0.25, -0.2) is 4.79 Å². The van der Waals surface area contributed by atoms with E-state index in [1.807, 2.05) is 37.7 Å². The van der Waals surface area contributed by atoms with Gasteiger partial charge in [-0.15, -0.1) is 0 Å². The standard InChI is InChI=1S/C11H16BrN3O2/c1-11(2,3)17-10(16)14-6-8(7-14)15-5-4-9(12)13-15/h4-5,8H,6-7H2,1-3H3. The van der Waals surface area contributed by atoms with E-state index in [2.05, 4.69) is 21.0 Å². The first-order valence-corrected chi connectivity index (χ1v) is 6.33. The van der Waals surface area contributed by atoms with E-state index < -0.39 is 5.60 Å². The number of likely N-dealkylation sites (tertiary alicyclic amines) is 1. The predicted molar refractivity (Wildman–Crippen MR) is 66.8 cm³/mol. The molecule has 94 valence electrons. The zero-order valence-electron chi connectivity index (χ0n) is 10.2. The van der Waals surface area contributed by atoms with Crippen LogP contribution in [0.3, 0.4) is 0 Å². The molecule has 0 N–H and O–H groups in total. The van der Waals surface area contributed by atoms with Gasteiger partial charge in [0, 0.05) is 19.3 Å². The molecule has 0 unspecified atom stereocenters. The third-order valence-electron chi connectivity index (χ3n) is 2.46. The Balaban J connectivity index is 1.85. The quantitative estimate of drug-likeness (QED) is 0.800. The van der Waals surface area contributed by atoms with E-state index in [1.54, 1.807) is 4.90 Å². The normalized spacial score (nSPS) is 16.8. The third kappa shape index (κ3) is 3.00. The van der Waals surface area contributed by atoms with E-state index in [0.29, 0.717) is 13.1 Å². The highest BCUT2D eigenvalue weighted by Crippen LogP contribution is 2.23. The monoisotopic (exact) mass is 301 g/mol. The van der Waals surface area contributed by atoms with E-state index in [4.69, 9.17) is 4.74 Å². The van der Waals surface area contributed by atoms with Gasteiger partial charge in [0.25, 0.3) is 0 Å². The Bertz CT molecular complexity index is 419. The molecule has 0 aliphatic carbocycles. The Morgan fingerprint density at radius 1 is 1.53 bits per heavy atom. The fraction of sp³-hybridized carbons (Fsp3) is 0.636. The van der Waals surface area contributed by atoms with Crippen molar-refractivity contribution in [2.75, 3.05) is 13.1 Å². The molecular formula is C11H16BrN3O2. The molecule has 0 saturated carbocycles. The van der Waals surface area contributed by atoms with E-state index in [1.165, 1.54) is 0 Å². The fourth-order valence-corrected chi connectivity index (χ4v) is 1.92. The number of hydrogen-bond acceptors (Lipinski definition) is 3. The highest BCUT2D eigenvalue weighted by atomic mass is 79.9. The van der Waals surface area contributed by atoms with Gasteiger partial charge >= 0.3 is 6.09 Å². The molecule has 1 fully saturated rings. The summed E-state index contributed by atoms with van der Waals surface area (Å²) in [6, 6.07) is 2.14. The van der Waals surface area contributed by atoms with E-state index in [0.717, 1.165) is 4.60 Å². The molecule has 5 nitrogen and oxygen atoms in total. The molecule has 1 aromatic rings. The number of nitrogens with zero attached hydrogens (tertiary/aromatic N) is 3. The topological polar surface area (TPSA) is 47.4 Å². The lowest BCUT2D eigenvalue weighted by atomic mass is 10.1. The average molecular weight is 302 g/mol. The van der Waals surface area contributed by atoms with Crippen LogP contribution in [-0.4, -0.2) is 39.5 Å². The van der Waals surface area contributed by atoms with Crippen LogP contribution in [0.1, 0.15) is 26.8 Å². The summed E-state index contributed by atoms with van der Waals surface area (Å²) in [5.74, 6) is 0. The van der Waals surface area contributed by atoms with Crippen LogP contribution in [0.5, 0.6) is 0 Å². The van der Waals surface area contributed by atoms with Gasteiger partial charge in [-0.05, 0) is 42.8 Å². The van der Waals surface area contributed by atoms with Crippen LogP contribution in [0.4, 0.5) is 4.79 Å². The molecule has 0 aromatic carbocycles. The van der Waals surface area contributed by atoms with Crippen LogP contribution >= 0.6 is 15.9 Å². The summed E-state index contributed by atoms with van der Waals surface area (Å²) >= 11 is 3.30. The van der Waals surface area contributed by atoms with E-state index in [-0.39, 0.29) is 12.1 Å². The second-order valence-electron chi connectivity index (χ2n) is 5.16. The number of halogens is 1. The molecule has 6 heteroatoms. The minimum absolute atomic E-state index is 0.250. The van der Waals surface area contributed by atoms with Crippen molar-refractivity contribution < 1.29 is 9.53 Å². The molecule has 0 spiro atoms. The highest BCUT2D eigenvalue weighted by Gasteiger charge is 2.35. The van der Waals surface area contributed by atoms with Gasteiger partial charge in [0.1, 0.15) is 10.2 Å². The van der Waals surface area contributed by atoms with E-state index >= 15 is 0 Å². The Kier molecular flexibility index (Phi) is 3.16. The molecule has 2 heterocycles. The average Bonchev–Trinajstić information content (AvgIpc) is 2.45. The molecule has 1 aliphatic rings. The minimum atomic E-state index is -0.434. The Morgan fingerprint density at radius 3 is 2.65 bits per heavy atom. The number of rotatable bonds is 1. The second-order valence-corrected chi connectivity index (χ2v) is 5.97. The van der Waals surface area contributed by atoms with Gasteiger partial charge in [0.05, 0.1) is 6.04 Å². The zero-order chi connectivity index (χ0) is 12.6. The SMILES string of the molecule is CC(C)(C)OC(=O)N1CC(n2ccc(Br)n2)C1. The summed E-state index contributed by atoms with van der Waals surface area (Å²) in [6.45, 7) is 6.92. The van der Waals surface area contributed by atoms with Gasteiger partial charge in [-0.2, -0.15) is 5.10 Å². The number of ether oxygens (including phenoxy) is 1. The number of hydrogen-bond donors (Lipinski definition) is 0. The number of carbonyl (C=O) groups is 1. The van der Waals surface area contributed by atoms with Gasteiger partial charge < -0.3 is 9.64 Å². The van der Waals surface area contributed by atoms with Crippen molar-refractivity contribution in [2.24, 2.45) is 0 Å². The van der Waals surface area contributed by atoms with Gasteiger partial charge in [-0.3, -0.25) is 4.68 Å². The van der Waals surface area contributed by atoms with Crippen LogP contribution in [0.2, 0.25) is 0 Å². The lowest BCUT2D eigenvalue weighted by Gasteiger charge is -2.39. The van der Waals surface area contributed by atoms with Crippen molar-refractivity contribution in [3.63, 3.8) is 0 Å². The third-order valence-corrected chi connectivity index (χ3v) is 2.89. The van der Waals surface area contributed by atoms with Crippen molar-refractivity contribution in [1.29, 1.82) is 0 Å². The maximum Gasteiger partial charge on any atom is 0.410 e. The maximum atomic E-state index is 11.7. The Labute approximate surface area is 109 Å². The lowest BCUT2D eigenvalue weighted by molar-refractivity contribution is -0.000420. The van der Waals surface area contributed by atoms with Crippen LogP contribution in [-0.2, 0) is 4.74 Å². The zero-order valence-corrected chi connectivity index (χ0v) is 11.8. The highest BCUT2D eigenvalue weighted by molar-refractivity contribution is 9.10. The van der Waals surface area contributed by atoms with Gasteiger partial charge in [0.15, 0.2) is 0 Å². The molecule has 0 atom stereocenters. The first-order valence-electron chi connectivity index (χ1n) is 5.54. The summed E-state index contributed by atoms with van der Waals surface area (Å²) in [6.07, 6.45) is 1.65. The molecule has 17 heavy (non-hydrogen) atoms. The minimum Gasteiger partial charge on any atom is -0.444 e. The van der Waals surface area contributed by atoms with Crippen LogP contribution in [0, 0.1) is 0 Å². The molecule has 1 saturated heterocycles. The summed E-state index contributed by atoms with van der Waals surface area (Å²) < 4.78 is 7.96. The van der Waals surface area contributed by atoms with Crippen molar-refractivity contribution >= 4 is 22.0 Å².